The molecule has 0 bridgehead atoms. The molecule has 2 aromatic carbocycles. The van der Waals surface area contributed by atoms with Crippen molar-refractivity contribution in [3.63, 3.8) is 0 Å². The van der Waals surface area contributed by atoms with Crippen LogP contribution in [-0.4, -0.2) is 11.8 Å². The molecule has 1 aliphatic rings. The average Bonchev–Trinajstić information content (AvgIpc) is 3.25. The Morgan fingerprint density at radius 3 is 2.36 bits per heavy atom. The van der Waals surface area contributed by atoms with Gasteiger partial charge < -0.3 is 5.32 Å². The summed E-state index contributed by atoms with van der Waals surface area (Å²) in [5.41, 5.74) is 5.24. The molecule has 0 spiro atoms. The van der Waals surface area contributed by atoms with Crippen LogP contribution in [0.1, 0.15) is 21.6 Å². The summed E-state index contributed by atoms with van der Waals surface area (Å²) in [4.78, 5) is 28.7. The molecule has 0 saturated carbocycles. The molecule has 140 valence electrons. The highest BCUT2D eigenvalue weighted by Gasteiger charge is 2.40. The second-order valence-electron chi connectivity index (χ2n) is 6.96. The zero-order chi connectivity index (χ0) is 19.8. The monoisotopic (exact) mass is 388 g/mol. The maximum absolute atomic E-state index is 13.3. The van der Waals surface area contributed by atoms with Crippen molar-refractivity contribution in [2.75, 3.05) is 10.2 Å². The van der Waals surface area contributed by atoms with Crippen LogP contribution >= 0.6 is 11.3 Å². The van der Waals surface area contributed by atoms with Crippen molar-refractivity contribution in [1.29, 1.82) is 0 Å². The Kier molecular flexibility index (Phi) is 4.61. The Morgan fingerprint density at radius 1 is 0.857 bits per heavy atom. The number of rotatable bonds is 4. The van der Waals surface area contributed by atoms with E-state index < -0.39 is 0 Å². The number of aryl methyl sites for hydroxylation is 3. The number of imide groups is 1. The largest absolute Gasteiger partial charge is 0.350 e. The molecule has 3 aromatic rings. The highest BCUT2D eigenvalue weighted by atomic mass is 32.1. The molecule has 4 rings (SSSR count). The summed E-state index contributed by atoms with van der Waals surface area (Å²) in [5, 5.41) is 5.16. The number of hydrogen-bond donors (Lipinski definition) is 1. The van der Waals surface area contributed by atoms with Gasteiger partial charge in [0.2, 0.25) is 0 Å². The third kappa shape index (κ3) is 3.14. The van der Waals surface area contributed by atoms with Gasteiger partial charge in [0.05, 0.1) is 11.3 Å². The molecule has 1 N–H and O–H groups in total. The molecule has 28 heavy (non-hydrogen) atoms. The summed E-state index contributed by atoms with van der Waals surface area (Å²) >= 11 is 1.45. The average molecular weight is 388 g/mol. The van der Waals surface area contributed by atoms with Crippen LogP contribution in [0, 0.1) is 20.8 Å². The minimum atomic E-state index is -0.333. The topological polar surface area (TPSA) is 49.4 Å². The second kappa shape index (κ2) is 7.09. The van der Waals surface area contributed by atoms with Crippen molar-refractivity contribution >= 4 is 40.1 Å². The van der Waals surface area contributed by atoms with Crippen molar-refractivity contribution in [2.45, 2.75) is 20.8 Å². The third-order valence-corrected chi connectivity index (χ3v) is 5.65. The summed E-state index contributed by atoms with van der Waals surface area (Å²) in [6.45, 7) is 5.92. The molecule has 0 aliphatic carbocycles. The van der Waals surface area contributed by atoms with E-state index in [9.17, 15) is 9.59 Å². The van der Waals surface area contributed by atoms with Crippen molar-refractivity contribution < 1.29 is 9.59 Å². The van der Waals surface area contributed by atoms with E-state index in [1.165, 1.54) is 16.2 Å². The van der Waals surface area contributed by atoms with Crippen LogP contribution in [-0.2, 0) is 9.59 Å². The van der Waals surface area contributed by atoms with Crippen molar-refractivity contribution in [3.8, 4) is 0 Å². The van der Waals surface area contributed by atoms with Gasteiger partial charge in [-0.2, -0.15) is 0 Å². The Hall–Kier alpha value is -3.18. The number of nitrogens with zero attached hydrogens (tertiary/aromatic N) is 1. The zero-order valence-corrected chi connectivity index (χ0v) is 16.8. The molecule has 4 nitrogen and oxygen atoms in total. The lowest BCUT2D eigenvalue weighted by Gasteiger charge is -2.16. The van der Waals surface area contributed by atoms with Gasteiger partial charge in [-0.15, -0.1) is 11.3 Å². The summed E-state index contributed by atoms with van der Waals surface area (Å²) in [6.07, 6.45) is 0. The normalized spacial score (nSPS) is 14.2. The molecule has 0 radical (unpaired) electrons. The number of amides is 2. The fourth-order valence-electron chi connectivity index (χ4n) is 3.30. The molecule has 0 unspecified atom stereocenters. The van der Waals surface area contributed by atoms with E-state index in [1.807, 2.05) is 74.7 Å². The van der Waals surface area contributed by atoms with Crippen molar-refractivity contribution in [2.24, 2.45) is 0 Å². The van der Waals surface area contributed by atoms with Crippen LogP contribution in [0.5, 0.6) is 0 Å². The molecule has 2 heterocycles. The van der Waals surface area contributed by atoms with Gasteiger partial charge in [-0.1, -0.05) is 30.3 Å². The lowest BCUT2D eigenvalue weighted by molar-refractivity contribution is -0.120. The fraction of sp³-hybridized carbons (Fsp3) is 0.130. The molecular weight excluding hydrogens is 368 g/mol. The summed E-state index contributed by atoms with van der Waals surface area (Å²) in [5.74, 6) is -0.634. The van der Waals surface area contributed by atoms with E-state index >= 15 is 0 Å². The van der Waals surface area contributed by atoms with Gasteiger partial charge in [0.1, 0.15) is 5.70 Å². The molecule has 1 aliphatic heterocycles. The van der Waals surface area contributed by atoms with Crippen LogP contribution in [0.2, 0.25) is 0 Å². The SMILES string of the molecule is Cc1cccc(N2C(=O)C(Nc3cc(C)ccc3C)=C(c3cccs3)C2=O)c1. The Balaban J connectivity index is 1.83. The predicted molar refractivity (Wildman–Crippen MR) is 114 cm³/mol. The molecule has 0 atom stereocenters. The number of hydrogen-bond acceptors (Lipinski definition) is 4. The Morgan fingerprint density at radius 2 is 1.64 bits per heavy atom. The maximum atomic E-state index is 13.3. The maximum Gasteiger partial charge on any atom is 0.282 e. The molecule has 5 heteroatoms. The van der Waals surface area contributed by atoms with Gasteiger partial charge >= 0.3 is 0 Å². The van der Waals surface area contributed by atoms with E-state index in [0.717, 1.165) is 27.3 Å². The van der Waals surface area contributed by atoms with Crippen molar-refractivity contribution in [3.05, 3.63) is 87.2 Å². The number of thiophene rings is 1. The van der Waals surface area contributed by atoms with Crippen LogP contribution in [0.3, 0.4) is 0 Å². The standard InChI is InChI=1S/C23H20N2O2S/c1-14-6-4-7-17(12-14)25-22(26)20(19-8-5-11-28-19)21(23(25)27)24-18-13-15(2)9-10-16(18)3/h4-13,24H,1-3H3. The first-order valence-corrected chi connectivity index (χ1v) is 9.91. The van der Waals surface area contributed by atoms with Crippen molar-refractivity contribution in [1.82, 2.24) is 0 Å². The number of carbonyl (C=O) groups is 2. The molecule has 0 fully saturated rings. The summed E-state index contributed by atoms with van der Waals surface area (Å²) < 4.78 is 0. The van der Waals surface area contributed by atoms with E-state index in [1.54, 1.807) is 6.07 Å². The number of carbonyl (C=O) groups excluding carboxylic acids is 2. The number of benzene rings is 2. The van der Waals surface area contributed by atoms with Gasteiger partial charge in [-0.3, -0.25) is 9.59 Å². The van der Waals surface area contributed by atoms with Crippen LogP contribution in [0.4, 0.5) is 11.4 Å². The second-order valence-corrected chi connectivity index (χ2v) is 7.90. The minimum absolute atomic E-state index is 0.300. The minimum Gasteiger partial charge on any atom is -0.350 e. The lowest BCUT2D eigenvalue weighted by Crippen LogP contribution is -2.32. The third-order valence-electron chi connectivity index (χ3n) is 4.76. The van der Waals surface area contributed by atoms with Gasteiger partial charge in [-0.05, 0) is 67.1 Å². The number of anilines is 2. The quantitative estimate of drug-likeness (QED) is 0.635. The highest BCUT2D eigenvalue weighted by molar-refractivity contribution is 7.11. The lowest BCUT2D eigenvalue weighted by atomic mass is 10.1. The smallest absolute Gasteiger partial charge is 0.282 e. The fourth-order valence-corrected chi connectivity index (χ4v) is 4.07. The first kappa shape index (κ1) is 18.2. The zero-order valence-electron chi connectivity index (χ0n) is 15.9. The first-order valence-electron chi connectivity index (χ1n) is 9.03. The van der Waals surface area contributed by atoms with E-state index in [-0.39, 0.29) is 11.8 Å². The molecule has 2 amide bonds. The van der Waals surface area contributed by atoms with Crippen LogP contribution in [0.15, 0.2) is 65.7 Å². The van der Waals surface area contributed by atoms with Gasteiger partial charge in [0, 0.05) is 10.6 Å². The predicted octanol–water partition coefficient (Wildman–Crippen LogP) is 5.07. The van der Waals surface area contributed by atoms with E-state index in [0.29, 0.717) is 17.0 Å². The first-order chi connectivity index (χ1) is 13.5. The van der Waals surface area contributed by atoms with Crippen LogP contribution in [0.25, 0.3) is 5.57 Å². The van der Waals surface area contributed by atoms with E-state index in [4.69, 9.17) is 0 Å². The molecule has 1 aromatic heterocycles. The van der Waals surface area contributed by atoms with Gasteiger partial charge in [0.25, 0.3) is 11.8 Å². The van der Waals surface area contributed by atoms with Gasteiger partial charge in [0.15, 0.2) is 0 Å². The Labute approximate surface area is 168 Å². The number of nitrogens with one attached hydrogen (secondary N) is 1. The van der Waals surface area contributed by atoms with Crippen LogP contribution < -0.4 is 10.2 Å². The summed E-state index contributed by atoms with van der Waals surface area (Å²) in [6, 6.07) is 17.2. The Bertz CT molecular complexity index is 1110. The molecular formula is C23H20N2O2S. The summed E-state index contributed by atoms with van der Waals surface area (Å²) in [7, 11) is 0. The van der Waals surface area contributed by atoms with Gasteiger partial charge in [-0.25, -0.2) is 4.90 Å². The highest BCUT2D eigenvalue weighted by Crippen LogP contribution is 2.36. The molecule has 0 saturated heterocycles. The van der Waals surface area contributed by atoms with E-state index in [2.05, 4.69) is 5.32 Å².